The highest BCUT2D eigenvalue weighted by atomic mass is 16.1. The maximum Gasteiger partial charge on any atom is 0.159 e. The van der Waals surface area contributed by atoms with E-state index >= 15 is 0 Å². The van der Waals surface area contributed by atoms with E-state index in [4.69, 9.17) is 0 Å². The Morgan fingerprint density at radius 3 is 1.82 bits per heavy atom. The van der Waals surface area contributed by atoms with Crippen molar-refractivity contribution in [1.82, 2.24) is 0 Å². The zero-order valence-corrected chi connectivity index (χ0v) is 23.4. The Bertz CT molecular complexity index is 893. The molecular weight excluding hydrogens is 412 g/mol. The number of carbonyl (C=O) groups excluding carboxylic acids is 1. The molecule has 0 spiro atoms. The summed E-state index contributed by atoms with van der Waals surface area (Å²) >= 11 is 0. The smallest absolute Gasteiger partial charge is 0.159 e. The number of carbonyl (C=O) groups is 1. The zero-order chi connectivity index (χ0) is 25.7. The highest BCUT2D eigenvalue weighted by molar-refractivity contribution is 5.95. The van der Waals surface area contributed by atoms with Crippen LogP contribution in [0.25, 0.3) is 16.7 Å². The van der Waals surface area contributed by atoms with Crippen molar-refractivity contribution in [3.63, 3.8) is 0 Å². The molecule has 0 N–H and O–H groups in total. The third-order valence-corrected chi connectivity index (χ3v) is 6.74. The molecule has 0 radical (unpaired) electrons. The van der Waals surface area contributed by atoms with Crippen LogP contribution in [0.3, 0.4) is 0 Å². The van der Waals surface area contributed by atoms with Crippen molar-refractivity contribution in [2.75, 3.05) is 0 Å². The third-order valence-electron chi connectivity index (χ3n) is 6.74. The van der Waals surface area contributed by atoms with E-state index in [0.29, 0.717) is 5.92 Å². The Balaban J connectivity index is 0.000000628. The van der Waals surface area contributed by atoms with Gasteiger partial charge in [0, 0.05) is 5.56 Å². The van der Waals surface area contributed by atoms with Gasteiger partial charge in [-0.15, -0.1) is 0 Å². The normalized spacial score (nSPS) is 15.3. The first-order chi connectivity index (χ1) is 16.4. The molecule has 2 aromatic rings. The van der Waals surface area contributed by atoms with Gasteiger partial charge in [0.15, 0.2) is 5.78 Å². The fourth-order valence-electron chi connectivity index (χ4n) is 4.36. The van der Waals surface area contributed by atoms with Crippen molar-refractivity contribution >= 4 is 11.4 Å². The Labute approximate surface area is 211 Å². The summed E-state index contributed by atoms with van der Waals surface area (Å²) in [7, 11) is 0. The van der Waals surface area contributed by atoms with Gasteiger partial charge >= 0.3 is 0 Å². The largest absolute Gasteiger partial charge is 0.295 e. The minimum Gasteiger partial charge on any atom is -0.295 e. The summed E-state index contributed by atoms with van der Waals surface area (Å²) in [5.74, 6) is 1.83. The van der Waals surface area contributed by atoms with E-state index in [0.717, 1.165) is 17.0 Å². The molecule has 0 heterocycles. The molecule has 0 saturated heterocycles. The van der Waals surface area contributed by atoms with Crippen LogP contribution in [0.4, 0.5) is 0 Å². The van der Waals surface area contributed by atoms with Crippen LogP contribution < -0.4 is 0 Å². The van der Waals surface area contributed by atoms with Crippen LogP contribution in [0.5, 0.6) is 0 Å². The molecule has 34 heavy (non-hydrogen) atoms. The average Bonchev–Trinajstić information content (AvgIpc) is 3.68. The first kappa shape index (κ1) is 29.9. The number of allylic oxidation sites excluding steroid dienone is 1. The van der Waals surface area contributed by atoms with Crippen molar-refractivity contribution < 1.29 is 4.79 Å². The molecule has 0 aliphatic heterocycles. The van der Waals surface area contributed by atoms with Crippen LogP contribution in [0.2, 0.25) is 0 Å². The predicted octanol–water partition coefficient (Wildman–Crippen LogP) is 10.6. The summed E-state index contributed by atoms with van der Waals surface area (Å²) in [6.07, 6.45) is 10.9. The number of ketones is 1. The van der Waals surface area contributed by atoms with Crippen LogP contribution in [0, 0.1) is 25.7 Å². The predicted molar refractivity (Wildman–Crippen MR) is 153 cm³/mol. The number of rotatable bonds is 4. The van der Waals surface area contributed by atoms with Gasteiger partial charge in [-0.05, 0) is 84.9 Å². The summed E-state index contributed by atoms with van der Waals surface area (Å²) in [4.78, 5) is 11.7. The summed E-state index contributed by atoms with van der Waals surface area (Å²) in [5.41, 5.74) is 8.20. The first-order valence-corrected chi connectivity index (χ1v) is 13.8. The highest BCUT2D eigenvalue weighted by Gasteiger charge is 2.18. The molecular formula is C33H50O. The molecule has 2 aliphatic rings. The lowest BCUT2D eigenvalue weighted by Gasteiger charge is -2.20. The van der Waals surface area contributed by atoms with Crippen LogP contribution in [0.1, 0.15) is 120 Å². The molecule has 1 nitrogen and oxygen atoms in total. The SMILES string of the molecule is C=C(c1ccc(-c2cc(C(C)=O)ccc2C)cc1C)C1CCCCCC1.CC.CC.CC1CC1. The topological polar surface area (TPSA) is 17.1 Å². The Morgan fingerprint density at radius 1 is 0.794 bits per heavy atom. The Hall–Kier alpha value is -2.15. The van der Waals surface area contributed by atoms with Crippen molar-refractivity contribution in [2.45, 2.75) is 107 Å². The van der Waals surface area contributed by atoms with Gasteiger partial charge in [0.05, 0.1) is 0 Å². The van der Waals surface area contributed by atoms with Crippen LogP contribution in [0.15, 0.2) is 43.0 Å². The van der Waals surface area contributed by atoms with Gasteiger partial charge in [-0.1, -0.05) is 110 Å². The molecule has 2 aliphatic carbocycles. The maximum absolute atomic E-state index is 11.7. The summed E-state index contributed by atoms with van der Waals surface area (Å²) in [5, 5.41) is 0. The third kappa shape index (κ3) is 9.24. The maximum atomic E-state index is 11.7. The van der Waals surface area contributed by atoms with Gasteiger partial charge in [0.2, 0.25) is 0 Å². The van der Waals surface area contributed by atoms with Gasteiger partial charge in [-0.3, -0.25) is 4.79 Å². The minimum atomic E-state index is 0.112. The van der Waals surface area contributed by atoms with Crippen LogP contribution >= 0.6 is 0 Å². The van der Waals surface area contributed by atoms with Crippen LogP contribution in [-0.2, 0) is 0 Å². The van der Waals surface area contributed by atoms with Gasteiger partial charge in [0.25, 0.3) is 0 Å². The molecule has 4 rings (SSSR count). The van der Waals surface area contributed by atoms with E-state index in [9.17, 15) is 4.79 Å². The van der Waals surface area contributed by atoms with E-state index in [2.05, 4.69) is 45.5 Å². The van der Waals surface area contributed by atoms with Crippen molar-refractivity contribution in [2.24, 2.45) is 11.8 Å². The monoisotopic (exact) mass is 462 g/mol. The lowest BCUT2D eigenvalue weighted by molar-refractivity contribution is 0.101. The fourth-order valence-corrected chi connectivity index (χ4v) is 4.36. The van der Waals surface area contributed by atoms with Gasteiger partial charge in [-0.2, -0.15) is 0 Å². The molecule has 0 amide bonds. The molecule has 1 heteroatoms. The number of Topliss-reactive ketones (excluding diaryl/α,β-unsaturated/α-hetero) is 1. The molecule has 0 atom stereocenters. The summed E-state index contributed by atoms with van der Waals surface area (Å²) < 4.78 is 0. The lowest BCUT2D eigenvalue weighted by atomic mass is 9.85. The van der Waals surface area contributed by atoms with E-state index in [1.165, 1.54) is 79.2 Å². The number of aryl methyl sites for hydroxylation is 2. The summed E-state index contributed by atoms with van der Waals surface area (Å²) in [6, 6.07) is 12.7. The molecule has 2 saturated carbocycles. The quantitative estimate of drug-likeness (QED) is 0.326. The standard InChI is InChI=1S/C25H30O.C4H8.2C2H6/c1-17-11-12-22(20(4)26)16-25(17)23-13-14-24(18(2)15-23)19(3)21-9-7-5-6-8-10-21;1-4-2-3-4;2*1-2/h11-16,21H,3,5-10H2,1-2,4H3;4H,2-3H2,1H3;2*1-2H3. The lowest BCUT2D eigenvalue weighted by Crippen LogP contribution is -2.03. The van der Waals surface area contributed by atoms with Crippen molar-refractivity contribution in [3.8, 4) is 11.1 Å². The van der Waals surface area contributed by atoms with E-state index in [-0.39, 0.29) is 5.78 Å². The van der Waals surface area contributed by atoms with Crippen molar-refractivity contribution in [3.05, 3.63) is 65.2 Å². The van der Waals surface area contributed by atoms with Gasteiger partial charge in [-0.25, -0.2) is 0 Å². The number of hydrogen-bond acceptors (Lipinski definition) is 1. The Morgan fingerprint density at radius 2 is 1.35 bits per heavy atom. The van der Waals surface area contributed by atoms with Gasteiger partial charge in [0.1, 0.15) is 0 Å². The molecule has 0 bridgehead atoms. The van der Waals surface area contributed by atoms with E-state index in [1.54, 1.807) is 6.92 Å². The molecule has 2 fully saturated rings. The molecule has 0 aromatic heterocycles. The van der Waals surface area contributed by atoms with Crippen molar-refractivity contribution in [1.29, 1.82) is 0 Å². The second kappa shape index (κ2) is 15.7. The molecule has 2 aromatic carbocycles. The van der Waals surface area contributed by atoms with Crippen LogP contribution in [-0.4, -0.2) is 5.78 Å². The first-order valence-electron chi connectivity index (χ1n) is 13.8. The molecule has 188 valence electrons. The van der Waals surface area contributed by atoms with E-state index < -0.39 is 0 Å². The average molecular weight is 463 g/mol. The number of benzene rings is 2. The second-order valence-electron chi connectivity index (χ2n) is 9.51. The minimum absolute atomic E-state index is 0.112. The van der Waals surface area contributed by atoms with E-state index in [1.807, 2.05) is 45.9 Å². The molecule has 0 unspecified atom stereocenters. The second-order valence-corrected chi connectivity index (χ2v) is 9.51. The highest BCUT2D eigenvalue weighted by Crippen LogP contribution is 2.36. The Kier molecular flexibility index (Phi) is 13.8. The number of hydrogen-bond donors (Lipinski definition) is 0. The summed E-state index contributed by atoms with van der Waals surface area (Å²) in [6.45, 7) is 20.7. The fraction of sp³-hybridized carbons (Fsp3) is 0.545. The van der Waals surface area contributed by atoms with Gasteiger partial charge < -0.3 is 0 Å². The zero-order valence-electron chi connectivity index (χ0n) is 23.4.